The molecule has 136 valence electrons. The molecule has 0 radical (unpaired) electrons. The largest absolute Gasteiger partial charge is 0.495 e. The number of rotatable bonds is 4. The first kappa shape index (κ1) is 17.8. The lowest BCUT2D eigenvalue weighted by molar-refractivity contribution is 0.102. The van der Waals surface area contributed by atoms with Gasteiger partial charge in [-0.05, 0) is 43.2 Å². The summed E-state index contributed by atoms with van der Waals surface area (Å²) < 4.78 is 32.6. The van der Waals surface area contributed by atoms with Gasteiger partial charge in [-0.3, -0.25) is 9.79 Å². The fourth-order valence-electron chi connectivity index (χ4n) is 2.71. The van der Waals surface area contributed by atoms with Crippen molar-refractivity contribution in [2.75, 3.05) is 12.4 Å². The summed E-state index contributed by atoms with van der Waals surface area (Å²) in [5.41, 5.74) is 6.38. The lowest BCUT2D eigenvalue weighted by Crippen LogP contribution is -2.30. The van der Waals surface area contributed by atoms with Gasteiger partial charge in [0.1, 0.15) is 23.1 Å². The third kappa shape index (κ3) is 3.79. The quantitative estimate of drug-likeness (QED) is 0.877. The number of methoxy groups -OCH3 is 1. The van der Waals surface area contributed by atoms with Gasteiger partial charge in [0, 0.05) is 11.3 Å². The molecule has 2 heterocycles. The number of nitrogens with two attached hydrogens (primary N) is 1. The van der Waals surface area contributed by atoms with Crippen molar-refractivity contribution in [1.29, 1.82) is 0 Å². The number of carbonyl (C=O) groups is 1. The fourth-order valence-corrected chi connectivity index (χ4v) is 2.71. The maximum absolute atomic E-state index is 14.2. The predicted octanol–water partition coefficient (Wildman–Crippen LogP) is 3.01. The number of benzene rings is 1. The minimum absolute atomic E-state index is 0.127. The number of alkyl halides is 1. The number of amides is 1. The number of amidine groups is 1. The van der Waals surface area contributed by atoms with Gasteiger partial charge in [-0.2, -0.15) is 0 Å². The summed E-state index contributed by atoms with van der Waals surface area (Å²) in [6.45, 7) is 0. The Balaban J connectivity index is 1.80. The van der Waals surface area contributed by atoms with Crippen molar-refractivity contribution in [2.24, 2.45) is 10.7 Å². The molecule has 0 spiro atoms. The number of nitrogens with one attached hydrogen (secondary N) is 1. The highest BCUT2D eigenvalue weighted by Gasteiger charge is 2.25. The van der Waals surface area contributed by atoms with E-state index in [1.165, 1.54) is 37.6 Å². The normalized spacial score (nSPS) is 19.6. The predicted molar refractivity (Wildman–Crippen MR) is 93.6 cm³/mol. The van der Waals surface area contributed by atoms with Crippen molar-refractivity contribution in [2.45, 2.75) is 25.1 Å². The highest BCUT2D eigenvalue weighted by atomic mass is 19.1. The van der Waals surface area contributed by atoms with Crippen LogP contribution in [0.5, 0.6) is 5.75 Å². The summed E-state index contributed by atoms with van der Waals surface area (Å²) >= 11 is 0. The van der Waals surface area contributed by atoms with Crippen molar-refractivity contribution in [3.8, 4) is 5.75 Å². The van der Waals surface area contributed by atoms with Gasteiger partial charge in [-0.25, -0.2) is 13.8 Å². The van der Waals surface area contributed by atoms with Crippen LogP contribution in [-0.4, -0.2) is 30.0 Å². The van der Waals surface area contributed by atoms with Gasteiger partial charge in [-0.15, -0.1) is 0 Å². The molecule has 0 aliphatic carbocycles. The van der Waals surface area contributed by atoms with E-state index in [4.69, 9.17) is 10.5 Å². The van der Waals surface area contributed by atoms with E-state index in [9.17, 15) is 13.6 Å². The van der Waals surface area contributed by atoms with Crippen molar-refractivity contribution >= 4 is 17.4 Å². The summed E-state index contributed by atoms with van der Waals surface area (Å²) in [6.07, 6.45) is 0.665. The van der Waals surface area contributed by atoms with Crippen LogP contribution in [0, 0.1) is 5.82 Å². The molecule has 0 bridgehead atoms. The zero-order chi connectivity index (χ0) is 18.7. The third-order valence-electron chi connectivity index (χ3n) is 4.14. The van der Waals surface area contributed by atoms with Crippen molar-refractivity contribution < 1.29 is 18.3 Å². The molecular weight excluding hydrogens is 342 g/mol. The average molecular weight is 360 g/mol. The standard InChI is InChI=1S/C18H18F2N4O2/c1-26-11-3-6-16(22-9-11)18(25)23-10-2-4-13(19)12(8-10)15-7-5-14(20)17(21)24-15/h2-4,6,8-9,14-15H,5,7H2,1H3,(H2,21,24)(H,23,25). The first-order chi connectivity index (χ1) is 12.5. The molecule has 0 saturated heterocycles. The van der Waals surface area contributed by atoms with E-state index >= 15 is 0 Å². The molecule has 1 amide bonds. The highest BCUT2D eigenvalue weighted by Crippen LogP contribution is 2.32. The molecule has 2 unspecified atom stereocenters. The van der Waals surface area contributed by atoms with Crippen molar-refractivity contribution in [1.82, 2.24) is 4.98 Å². The van der Waals surface area contributed by atoms with Gasteiger partial charge in [0.05, 0.1) is 19.3 Å². The minimum atomic E-state index is -1.29. The number of aliphatic imine (C=N–C) groups is 1. The maximum atomic E-state index is 14.2. The summed E-state index contributed by atoms with van der Waals surface area (Å²) in [5, 5.41) is 2.66. The van der Waals surface area contributed by atoms with Crippen molar-refractivity contribution in [3.05, 3.63) is 53.6 Å². The molecule has 3 N–H and O–H groups in total. The molecule has 1 aromatic carbocycles. The molecule has 0 saturated carbocycles. The average Bonchev–Trinajstić information content (AvgIpc) is 2.65. The number of pyridine rings is 1. The number of nitrogens with zero attached hydrogens (tertiary/aromatic N) is 2. The zero-order valence-electron chi connectivity index (χ0n) is 14.1. The lowest BCUT2D eigenvalue weighted by Gasteiger charge is -2.22. The second-order valence-corrected chi connectivity index (χ2v) is 5.89. The van der Waals surface area contributed by atoms with E-state index < -0.39 is 23.9 Å². The Morgan fingerprint density at radius 3 is 2.77 bits per heavy atom. The van der Waals surface area contributed by atoms with E-state index in [2.05, 4.69) is 15.3 Å². The number of anilines is 1. The molecule has 1 aromatic heterocycles. The number of hydrogen-bond donors (Lipinski definition) is 2. The molecule has 6 nitrogen and oxygen atoms in total. The second-order valence-electron chi connectivity index (χ2n) is 5.89. The van der Waals surface area contributed by atoms with Crippen LogP contribution >= 0.6 is 0 Å². The lowest BCUT2D eigenvalue weighted by atomic mass is 9.97. The minimum Gasteiger partial charge on any atom is -0.495 e. The number of hydrogen-bond acceptors (Lipinski definition) is 5. The highest BCUT2D eigenvalue weighted by molar-refractivity contribution is 6.02. The van der Waals surface area contributed by atoms with Crippen LogP contribution in [0.2, 0.25) is 0 Å². The van der Waals surface area contributed by atoms with E-state index in [-0.39, 0.29) is 23.5 Å². The molecule has 2 atom stereocenters. The van der Waals surface area contributed by atoms with Gasteiger partial charge in [0.15, 0.2) is 6.17 Å². The van der Waals surface area contributed by atoms with E-state index in [1.807, 2.05) is 0 Å². The van der Waals surface area contributed by atoms with Gasteiger partial charge in [-0.1, -0.05) is 0 Å². The Bertz CT molecular complexity index is 840. The van der Waals surface area contributed by atoms with E-state index in [0.717, 1.165) is 0 Å². The molecule has 1 aliphatic heterocycles. The van der Waals surface area contributed by atoms with Crippen molar-refractivity contribution in [3.63, 3.8) is 0 Å². The first-order valence-corrected chi connectivity index (χ1v) is 8.06. The van der Waals surface area contributed by atoms with Crippen LogP contribution in [0.1, 0.15) is 34.9 Å². The molecule has 26 heavy (non-hydrogen) atoms. The van der Waals surface area contributed by atoms with Gasteiger partial charge in [0.25, 0.3) is 5.91 Å². The molecule has 1 aliphatic rings. The molecule has 2 aromatic rings. The van der Waals surface area contributed by atoms with Crippen LogP contribution in [-0.2, 0) is 0 Å². The van der Waals surface area contributed by atoms with Gasteiger partial charge >= 0.3 is 0 Å². The Labute approximate surface area is 149 Å². The zero-order valence-corrected chi connectivity index (χ0v) is 14.1. The SMILES string of the molecule is COc1ccc(C(=O)Nc2ccc(F)c(C3CCC(F)C(N)=N3)c2)nc1. The van der Waals surface area contributed by atoms with Gasteiger partial charge < -0.3 is 15.8 Å². The Hall–Kier alpha value is -3.03. The fraction of sp³-hybridized carbons (Fsp3) is 0.278. The molecular formula is C18H18F2N4O2. The second kappa shape index (κ2) is 7.47. The van der Waals surface area contributed by atoms with Crippen LogP contribution in [0.15, 0.2) is 41.5 Å². The summed E-state index contributed by atoms with van der Waals surface area (Å²) in [4.78, 5) is 20.3. The maximum Gasteiger partial charge on any atom is 0.274 e. The summed E-state index contributed by atoms with van der Waals surface area (Å²) in [7, 11) is 1.50. The monoisotopic (exact) mass is 360 g/mol. The number of aromatic nitrogens is 1. The topological polar surface area (TPSA) is 89.6 Å². The molecule has 8 heteroatoms. The molecule has 3 rings (SSSR count). The molecule has 0 fully saturated rings. The Morgan fingerprint density at radius 1 is 1.31 bits per heavy atom. The summed E-state index contributed by atoms with van der Waals surface area (Å²) in [5.74, 6) is -0.521. The van der Waals surface area contributed by atoms with Gasteiger partial charge in [0.2, 0.25) is 0 Å². The number of halogens is 2. The van der Waals surface area contributed by atoms with Crippen LogP contribution in [0.25, 0.3) is 0 Å². The van der Waals surface area contributed by atoms with Crippen LogP contribution in [0.3, 0.4) is 0 Å². The number of ether oxygens (including phenoxy) is 1. The van der Waals surface area contributed by atoms with E-state index in [0.29, 0.717) is 17.9 Å². The van der Waals surface area contributed by atoms with E-state index in [1.54, 1.807) is 6.07 Å². The van der Waals surface area contributed by atoms with Crippen LogP contribution < -0.4 is 15.8 Å². The number of carbonyl (C=O) groups excluding carboxylic acids is 1. The Morgan fingerprint density at radius 2 is 2.12 bits per heavy atom. The smallest absolute Gasteiger partial charge is 0.274 e. The summed E-state index contributed by atoms with van der Waals surface area (Å²) in [6, 6.07) is 6.72. The van der Waals surface area contributed by atoms with Crippen LogP contribution in [0.4, 0.5) is 14.5 Å². The first-order valence-electron chi connectivity index (χ1n) is 8.06. The third-order valence-corrected chi connectivity index (χ3v) is 4.14. The Kier molecular flexibility index (Phi) is 5.11.